The van der Waals surface area contributed by atoms with E-state index in [4.69, 9.17) is 9.47 Å². The molecule has 1 N–H and O–H groups in total. The Bertz CT molecular complexity index is 1130. The third-order valence-electron chi connectivity index (χ3n) is 17.8. The van der Waals surface area contributed by atoms with E-state index in [1.54, 1.807) is 7.11 Å². The normalized spacial score (nSPS) is 37.8. The molecule has 4 nitrogen and oxygen atoms in total. The molecule has 0 amide bonds. The molecule has 0 radical (unpaired) electrons. The number of rotatable bonds is 21. The van der Waals surface area contributed by atoms with Crippen LogP contribution in [-0.2, 0) is 14.3 Å². The van der Waals surface area contributed by atoms with Gasteiger partial charge in [-0.1, -0.05) is 119 Å². The van der Waals surface area contributed by atoms with E-state index in [0.717, 1.165) is 37.5 Å². The Labute approximate surface area is 316 Å². The van der Waals surface area contributed by atoms with Gasteiger partial charge in [0.1, 0.15) is 6.10 Å². The molecule has 10 atom stereocenters. The van der Waals surface area contributed by atoms with Crippen molar-refractivity contribution in [2.24, 2.45) is 50.7 Å². The molecular formula is C47H84O4. The fourth-order valence-electron chi connectivity index (χ4n) is 14.1. The highest BCUT2D eigenvalue weighted by atomic mass is 16.5. The lowest BCUT2D eigenvalue weighted by atomic mass is 9.41. The van der Waals surface area contributed by atoms with Gasteiger partial charge in [-0.2, -0.15) is 0 Å². The lowest BCUT2D eigenvalue weighted by Gasteiger charge is -2.63. The molecule has 51 heavy (non-hydrogen) atoms. The Morgan fingerprint density at radius 2 is 1.29 bits per heavy atom. The van der Waals surface area contributed by atoms with Crippen LogP contribution in [0.1, 0.15) is 216 Å². The average molecular weight is 713 g/mol. The zero-order valence-electron chi connectivity index (χ0n) is 35.3. The van der Waals surface area contributed by atoms with Gasteiger partial charge in [0.2, 0.25) is 0 Å². The van der Waals surface area contributed by atoms with Gasteiger partial charge in [0.15, 0.2) is 0 Å². The summed E-state index contributed by atoms with van der Waals surface area (Å²) in [7, 11) is 1.72. The highest BCUT2D eigenvalue weighted by Gasteiger charge is 2.82. The third kappa shape index (κ3) is 7.91. The summed E-state index contributed by atoms with van der Waals surface area (Å²) in [6.07, 6.45) is 31.4. The van der Waals surface area contributed by atoms with E-state index in [1.165, 1.54) is 128 Å². The van der Waals surface area contributed by atoms with Crippen molar-refractivity contribution in [2.75, 3.05) is 7.11 Å². The number of esters is 1. The first kappa shape index (κ1) is 41.6. The lowest BCUT2D eigenvalue weighted by molar-refractivity contribution is -0.183. The van der Waals surface area contributed by atoms with E-state index in [-0.39, 0.29) is 17.5 Å². The van der Waals surface area contributed by atoms with E-state index >= 15 is 0 Å². The van der Waals surface area contributed by atoms with Gasteiger partial charge in [-0.25, -0.2) is 0 Å². The molecule has 4 heteroatoms. The molecule has 5 aliphatic rings. The average Bonchev–Trinajstić information content (AvgIpc) is 3.68. The maximum atomic E-state index is 13.2. The van der Waals surface area contributed by atoms with Crippen LogP contribution in [0.3, 0.4) is 0 Å². The van der Waals surface area contributed by atoms with Crippen LogP contribution in [0.2, 0.25) is 0 Å². The van der Waals surface area contributed by atoms with Crippen molar-refractivity contribution in [1.82, 2.24) is 0 Å². The van der Waals surface area contributed by atoms with Crippen molar-refractivity contribution in [2.45, 2.75) is 234 Å². The van der Waals surface area contributed by atoms with Crippen LogP contribution < -0.4 is 0 Å². The minimum absolute atomic E-state index is 0.0591. The zero-order valence-corrected chi connectivity index (χ0v) is 35.3. The highest BCUT2D eigenvalue weighted by molar-refractivity contribution is 5.69. The standard InChI is InChI=1S/C47H84O4/c1-10-11-12-13-14-15-16-17-18-19-20-21-22-23-41(49)51-40-29-31-46-34-47(46)33-32-44(7)36(35(2)24-27-39(48)43(5,6)50-9)28-30-45(44,8)38(47)26-25-37(46)42(40,3)4/h35-40,48H,10-34H2,1-9H3. The number of aliphatic hydroxyl groups excluding tert-OH is 1. The fourth-order valence-corrected chi connectivity index (χ4v) is 14.1. The lowest BCUT2D eigenvalue weighted by Crippen LogP contribution is -2.58. The SMILES string of the molecule is CCCCCCCCCCCCCCCC(=O)OC1CCC23CC24CCC2(C)C(C(C)CCC(O)C(C)(C)OC)CCC2(C)C4CCC3C1(C)C. The van der Waals surface area contributed by atoms with Crippen molar-refractivity contribution in [3.8, 4) is 0 Å². The van der Waals surface area contributed by atoms with Gasteiger partial charge in [-0.15, -0.1) is 0 Å². The molecule has 0 aliphatic heterocycles. The summed E-state index contributed by atoms with van der Waals surface area (Å²) in [5.74, 6) is 2.95. The topological polar surface area (TPSA) is 55.8 Å². The molecule has 0 aromatic rings. The number of hydrogen-bond donors (Lipinski definition) is 1. The van der Waals surface area contributed by atoms with Crippen LogP contribution >= 0.6 is 0 Å². The molecule has 0 saturated heterocycles. The van der Waals surface area contributed by atoms with E-state index in [1.807, 2.05) is 13.8 Å². The van der Waals surface area contributed by atoms with Crippen LogP contribution in [0, 0.1) is 50.7 Å². The first-order chi connectivity index (χ1) is 24.1. The monoisotopic (exact) mass is 713 g/mol. The second-order valence-electron chi connectivity index (χ2n) is 20.9. The van der Waals surface area contributed by atoms with Gasteiger partial charge in [0.05, 0.1) is 11.7 Å². The summed E-state index contributed by atoms with van der Waals surface area (Å²) in [6.45, 7) is 19.1. The Morgan fingerprint density at radius 1 is 0.725 bits per heavy atom. The molecule has 0 aromatic carbocycles. The summed E-state index contributed by atoms with van der Waals surface area (Å²) in [5.41, 5.74) is 1.36. The second-order valence-corrected chi connectivity index (χ2v) is 20.9. The number of ether oxygens (including phenoxy) is 2. The number of fused-ring (bicyclic) bond motifs is 2. The number of methoxy groups -OCH3 is 1. The number of hydrogen-bond acceptors (Lipinski definition) is 4. The van der Waals surface area contributed by atoms with Gasteiger partial charge in [0.25, 0.3) is 0 Å². The van der Waals surface area contributed by atoms with Crippen LogP contribution in [-0.4, -0.2) is 36.0 Å². The smallest absolute Gasteiger partial charge is 0.306 e. The number of carbonyl (C=O) groups is 1. The fraction of sp³-hybridized carbons (Fsp3) is 0.979. The molecule has 5 saturated carbocycles. The zero-order chi connectivity index (χ0) is 37.1. The molecule has 10 unspecified atom stereocenters. The molecule has 5 fully saturated rings. The Balaban J connectivity index is 1.08. The van der Waals surface area contributed by atoms with Crippen LogP contribution in [0.15, 0.2) is 0 Å². The van der Waals surface area contributed by atoms with Crippen molar-refractivity contribution < 1.29 is 19.4 Å². The Hall–Kier alpha value is -0.610. The van der Waals surface area contributed by atoms with E-state index in [0.29, 0.717) is 39.9 Å². The van der Waals surface area contributed by atoms with Crippen molar-refractivity contribution in [1.29, 1.82) is 0 Å². The quantitative estimate of drug-likeness (QED) is 0.0951. The predicted molar refractivity (Wildman–Crippen MR) is 213 cm³/mol. The molecule has 5 rings (SSSR count). The van der Waals surface area contributed by atoms with Gasteiger partial charge in [0, 0.05) is 18.9 Å². The van der Waals surface area contributed by atoms with Crippen molar-refractivity contribution in [3.63, 3.8) is 0 Å². The predicted octanol–water partition coefficient (Wildman–Crippen LogP) is 13.0. The van der Waals surface area contributed by atoms with E-state index in [9.17, 15) is 9.90 Å². The van der Waals surface area contributed by atoms with Crippen molar-refractivity contribution in [3.05, 3.63) is 0 Å². The molecule has 5 aliphatic carbocycles. The van der Waals surface area contributed by atoms with E-state index in [2.05, 4.69) is 41.5 Å². The largest absolute Gasteiger partial charge is 0.462 e. The van der Waals surface area contributed by atoms with Gasteiger partial charge >= 0.3 is 5.97 Å². The molecular weight excluding hydrogens is 629 g/mol. The molecule has 0 aromatic heterocycles. The van der Waals surface area contributed by atoms with Crippen LogP contribution in [0.25, 0.3) is 0 Å². The Morgan fingerprint density at radius 3 is 1.90 bits per heavy atom. The number of carbonyl (C=O) groups excluding carboxylic acids is 1. The minimum Gasteiger partial charge on any atom is -0.462 e. The first-order valence-electron chi connectivity index (χ1n) is 22.6. The summed E-state index contributed by atoms with van der Waals surface area (Å²) < 4.78 is 12.0. The summed E-state index contributed by atoms with van der Waals surface area (Å²) in [6, 6.07) is 0. The number of unbranched alkanes of at least 4 members (excludes halogenated alkanes) is 12. The summed E-state index contributed by atoms with van der Waals surface area (Å²) >= 11 is 0. The molecule has 0 heterocycles. The Kier molecular flexibility index (Phi) is 13.5. The van der Waals surface area contributed by atoms with Crippen LogP contribution in [0.4, 0.5) is 0 Å². The first-order valence-corrected chi connectivity index (χ1v) is 22.6. The van der Waals surface area contributed by atoms with Crippen molar-refractivity contribution >= 4 is 5.97 Å². The maximum Gasteiger partial charge on any atom is 0.306 e. The summed E-state index contributed by atoms with van der Waals surface area (Å²) in [4.78, 5) is 13.2. The van der Waals surface area contributed by atoms with Gasteiger partial charge in [-0.3, -0.25) is 4.79 Å². The molecule has 0 bridgehead atoms. The highest BCUT2D eigenvalue weighted by Crippen LogP contribution is 2.89. The third-order valence-corrected chi connectivity index (χ3v) is 17.8. The van der Waals surface area contributed by atoms with Gasteiger partial charge in [-0.05, 0) is 136 Å². The second kappa shape index (κ2) is 16.6. The molecule has 2 spiro atoms. The summed E-state index contributed by atoms with van der Waals surface area (Å²) in [5, 5.41) is 10.9. The van der Waals surface area contributed by atoms with Gasteiger partial charge < -0.3 is 14.6 Å². The maximum absolute atomic E-state index is 13.2. The molecule has 296 valence electrons. The van der Waals surface area contributed by atoms with E-state index < -0.39 is 11.7 Å². The number of aliphatic hydroxyl groups is 1. The van der Waals surface area contributed by atoms with Crippen LogP contribution in [0.5, 0.6) is 0 Å². The minimum atomic E-state index is -0.485.